The lowest BCUT2D eigenvalue weighted by atomic mass is 10.2. The van der Waals surface area contributed by atoms with Crippen LogP contribution in [-0.2, 0) is 10.0 Å². The number of anilines is 1. The Morgan fingerprint density at radius 1 is 1.25 bits per heavy atom. The highest BCUT2D eigenvalue weighted by molar-refractivity contribution is 7.93. The van der Waals surface area contributed by atoms with Gasteiger partial charge in [-0.25, -0.2) is 0 Å². The number of hydrogen-bond donors (Lipinski definition) is 0. The predicted octanol–water partition coefficient (Wildman–Crippen LogP) is 3.07. The van der Waals surface area contributed by atoms with E-state index < -0.39 is 15.5 Å². The topological polar surface area (TPSA) is 46.6 Å². The van der Waals surface area contributed by atoms with E-state index in [1.54, 1.807) is 6.92 Å². The number of hydrogen-bond acceptors (Lipinski definition) is 3. The molecule has 0 bridgehead atoms. The highest BCUT2D eigenvalue weighted by Crippen LogP contribution is 2.32. The second-order valence-corrected chi connectivity index (χ2v) is 6.50. The average Bonchev–Trinajstić information content (AvgIpc) is 2.28. The summed E-state index contributed by atoms with van der Waals surface area (Å²) < 4.78 is 65.6. The summed E-state index contributed by atoms with van der Waals surface area (Å²) >= 11 is 0. The van der Waals surface area contributed by atoms with Crippen molar-refractivity contribution >= 4 is 15.7 Å². The molecule has 0 amide bonds. The summed E-state index contributed by atoms with van der Waals surface area (Å²) in [6.07, 6.45) is -0.0869. The zero-order valence-corrected chi connectivity index (χ0v) is 12.3. The molecule has 0 aliphatic rings. The molecule has 0 aliphatic carbocycles. The molecular weight excluding hydrogens is 295 g/mol. The third-order valence-electron chi connectivity index (χ3n) is 2.54. The summed E-state index contributed by atoms with van der Waals surface area (Å²) in [5.41, 5.74) is -4.85. The first-order chi connectivity index (χ1) is 8.96. The normalized spacial score (nSPS) is 12.6. The maximum Gasteiger partial charge on any atom is 0.516 e. The first-order valence-electron chi connectivity index (χ1n) is 5.79. The minimum atomic E-state index is -5.39. The average molecular weight is 311 g/mol. The molecule has 0 aliphatic heterocycles. The smallest absolute Gasteiger partial charge is 0.491 e. The Morgan fingerprint density at radius 2 is 1.80 bits per heavy atom. The third-order valence-corrected chi connectivity index (χ3v) is 4.05. The molecule has 0 N–H and O–H groups in total. The van der Waals surface area contributed by atoms with E-state index in [0.29, 0.717) is 11.3 Å². The second-order valence-electron chi connectivity index (χ2n) is 4.53. The lowest BCUT2D eigenvalue weighted by Crippen LogP contribution is -2.38. The Balaban J connectivity index is 3.14. The SMILES string of the molecule is Cc1cc(N(C)S(=O)(=O)C(F)(F)F)ccc1OC(C)C. The van der Waals surface area contributed by atoms with Crippen LogP contribution in [0, 0.1) is 6.92 Å². The van der Waals surface area contributed by atoms with Crippen LogP contribution in [-0.4, -0.2) is 27.1 Å². The number of nitrogens with zero attached hydrogens (tertiary/aromatic N) is 1. The lowest BCUT2D eigenvalue weighted by molar-refractivity contribution is -0.0437. The maximum atomic E-state index is 12.5. The number of aryl methyl sites for hydroxylation is 1. The van der Waals surface area contributed by atoms with Gasteiger partial charge in [-0.15, -0.1) is 0 Å². The van der Waals surface area contributed by atoms with Crippen LogP contribution < -0.4 is 9.04 Å². The van der Waals surface area contributed by atoms with Crippen molar-refractivity contribution < 1.29 is 26.3 Å². The Bertz CT molecular complexity index is 582. The number of ether oxygens (including phenoxy) is 1. The molecule has 0 aromatic heterocycles. The molecule has 0 unspecified atom stereocenters. The van der Waals surface area contributed by atoms with E-state index in [9.17, 15) is 21.6 Å². The Morgan fingerprint density at radius 3 is 2.20 bits per heavy atom. The van der Waals surface area contributed by atoms with Gasteiger partial charge in [0.2, 0.25) is 0 Å². The Hall–Kier alpha value is -1.44. The van der Waals surface area contributed by atoms with Gasteiger partial charge < -0.3 is 4.74 Å². The minimum Gasteiger partial charge on any atom is -0.491 e. The van der Waals surface area contributed by atoms with Crippen LogP contribution in [0.25, 0.3) is 0 Å². The van der Waals surface area contributed by atoms with Crippen molar-refractivity contribution in [1.82, 2.24) is 0 Å². The largest absolute Gasteiger partial charge is 0.516 e. The zero-order valence-electron chi connectivity index (χ0n) is 11.5. The molecule has 0 radical (unpaired) electrons. The highest BCUT2D eigenvalue weighted by atomic mass is 32.2. The molecule has 8 heteroatoms. The van der Waals surface area contributed by atoms with Gasteiger partial charge in [0.15, 0.2) is 0 Å². The summed E-state index contributed by atoms with van der Waals surface area (Å²) in [4.78, 5) is 0. The summed E-state index contributed by atoms with van der Waals surface area (Å²) in [6.45, 7) is 5.26. The second kappa shape index (κ2) is 5.51. The number of rotatable bonds is 4. The van der Waals surface area contributed by atoms with Gasteiger partial charge in [0.25, 0.3) is 0 Å². The molecule has 0 spiro atoms. The Labute approximate surface area is 116 Å². The maximum absolute atomic E-state index is 12.5. The molecule has 0 saturated heterocycles. The molecule has 114 valence electrons. The van der Waals surface area contributed by atoms with Crippen LogP contribution in [0.4, 0.5) is 18.9 Å². The molecule has 1 aromatic carbocycles. The fourth-order valence-corrected chi connectivity index (χ4v) is 2.21. The van der Waals surface area contributed by atoms with Crippen molar-refractivity contribution in [2.45, 2.75) is 32.4 Å². The predicted molar refractivity (Wildman–Crippen MR) is 70.3 cm³/mol. The van der Waals surface area contributed by atoms with E-state index in [1.807, 2.05) is 13.8 Å². The van der Waals surface area contributed by atoms with Gasteiger partial charge in [0.1, 0.15) is 5.75 Å². The van der Waals surface area contributed by atoms with Crippen LogP contribution in [0.3, 0.4) is 0 Å². The van der Waals surface area contributed by atoms with Crippen molar-refractivity contribution in [3.8, 4) is 5.75 Å². The van der Waals surface area contributed by atoms with E-state index >= 15 is 0 Å². The monoisotopic (exact) mass is 311 g/mol. The van der Waals surface area contributed by atoms with Gasteiger partial charge in [-0.1, -0.05) is 0 Å². The first-order valence-corrected chi connectivity index (χ1v) is 7.23. The summed E-state index contributed by atoms with van der Waals surface area (Å²) in [5.74, 6) is 0.501. The summed E-state index contributed by atoms with van der Waals surface area (Å²) in [5, 5.41) is 0. The standard InChI is InChI=1S/C12H16F3NO3S/c1-8(2)19-11-6-5-10(7-9(11)3)16(4)20(17,18)12(13,14)15/h5-8H,1-4H3. The number of sulfonamides is 1. The molecule has 0 saturated carbocycles. The van der Waals surface area contributed by atoms with E-state index in [2.05, 4.69) is 0 Å². The van der Waals surface area contributed by atoms with Crippen LogP contribution >= 0.6 is 0 Å². The van der Waals surface area contributed by atoms with Gasteiger partial charge in [-0.3, -0.25) is 4.31 Å². The van der Waals surface area contributed by atoms with Crippen LogP contribution in [0.1, 0.15) is 19.4 Å². The molecule has 1 rings (SSSR count). The molecule has 4 nitrogen and oxygen atoms in total. The molecule has 20 heavy (non-hydrogen) atoms. The van der Waals surface area contributed by atoms with Crippen molar-refractivity contribution in [1.29, 1.82) is 0 Å². The van der Waals surface area contributed by atoms with Crippen molar-refractivity contribution in [2.24, 2.45) is 0 Å². The summed E-state index contributed by atoms with van der Waals surface area (Å²) in [7, 11) is -4.53. The number of alkyl halides is 3. The Kier molecular flexibility index (Phi) is 4.58. The molecule has 1 aromatic rings. The van der Waals surface area contributed by atoms with Gasteiger partial charge in [0.05, 0.1) is 11.8 Å². The van der Waals surface area contributed by atoms with Crippen LogP contribution in [0.15, 0.2) is 18.2 Å². The van der Waals surface area contributed by atoms with E-state index in [-0.39, 0.29) is 16.1 Å². The number of halogens is 3. The summed E-state index contributed by atoms with van der Waals surface area (Å²) in [6, 6.07) is 4.06. The van der Waals surface area contributed by atoms with E-state index in [4.69, 9.17) is 4.74 Å². The van der Waals surface area contributed by atoms with E-state index in [0.717, 1.165) is 7.05 Å². The van der Waals surface area contributed by atoms with Crippen LogP contribution in [0.5, 0.6) is 5.75 Å². The van der Waals surface area contributed by atoms with Crippen LogP contribution in [0.2, 0.25) is 0 Å². The molecule has 0 heterocycles. The minimum absolute atomic E-state index is 0.0732. The molecule has 0 atom stereocenters. The fourth-order valence-electron chi connectivity index (χ4n) is 1.51. The van der Waals surface area contributed by atoms with Gasteiger partial charge in [0, 0.05) is 7.05 Å². The fraction of sp³-hybridized carbons (Fsp3) is 0.500. The third kappa shape index (κ3) is 3.36. The van der Waals surface area contributed by atoms with Gasteiger partial charge in [-0.05, 0) is 44.5 Å². The zero-order chi connectivity index (χ0) is 15.7. The quantitative estimate of drug-likeness (QED) is 0.858. The van der Waals surface area contributed by atoms with Gasteiger partial charge in [-0.2, -0.15) is 21.6 Å². The van der Waals surface area contributed by atoms with E-state index in [1.165, 1.54) is 18.2 Å². The first kappa shape index (κ1) is 16.6. The van der Waals surface area contributed by atoms with Gasteiger partial charge >= 0.3 is 15.5 Å². The van der Waals surface area contributed by atoms with Crippen molar-refractivity contribution in [3.05, 3.63) is 23.8 Å². The lowest BCUT2D eigenvalue weighted by Gasteiger charge is -2.22. The highest BCUT2D eigenvalue weighted by Gasteiger charge is 2.49. The van der Waals surface area contributed by atoms with Crippen molar-refractivity contribution in [3.63, 3.8) is 0 Å². The molecule has 0 fully saturated rings. The van der Waals surface area contributed by atoms with Crippen molar-refractivity contribution in [2.75, 3.05) is 11.4 Å². The molecular formula is C12H16F3NO3S. The number of benzene rings is 1.